The first-order valence-corrected chi connectivity index (χ1v) is 7.36. The minimum atomic E-state index is 0.0946. The van der Waals surface area contributed by atoms with Crippen LogP contribution in [0.5, 0.6) is 11.5 Å². The van der Waals surface area contributed by atoms with Gasteiger partial charge >= 0.3 is 0 Å². The van der Waals surface area contributed by atoms with Gasteiger partial charge < -0.3 is 20.5 Å². The van der Waals surface area contributed by atoms with Crippen LogP contribution < -0.4 is 20.5 Å². The molecule has 4 heteroatoms. The van der Waals surface area contributed by atoms with Crippen molar-refractivity contribution in [3.8, 4) is 11.5 Å². The van der Waals surface area contributed by atoms with Crippen LogP contribution >= 0.6 is 0 Å². The molecule has 1 aromatic rings. The highest BCUT2D eigenvalue weighted by atomic mass is 16.5. The molecule has 3 N–H and O–H groups in total. The third-order valence-electron chi connectivity index (χ3n) is 3.63. The fraction of sp³-hybridized carbons (Fsp3) is 0.625. The average Bonchev–Trinajstić information content (AvgIpc) is 2.77. The molecule has 1 aliphatic rings. The Morgan fingerprint density at radius 2 is 2.20 bits per heavy atom. The van der Waals surface area contributed by atoms with Gasteiger partial charge in [0.25, 0.3) is 0 Å². The summed E-state index contributed by atoms with van der Waals surface area (Å²) in [5.74, 6) is 2.45. The third kappa shape index (κ3) is 3.25. The van der Waals surface area contributed by atoms with Crippen LogP contribution in [0.2, 0.25) is 0 Å². The van der Waals surface area contributed by atoms with Crippen LogP contribution in [0.4, 0.5) is 0 Å². The molecule has 2 unspecified atom stereocenters. The van der Waals surface area contributed by atoms with Crippen molar-refractivity contribution in [2.75, 3.05) is 20.2 Å². The molecule has 1 aliphatic heterocycles. The molecule has 0 bridgehead atoms. The van der Waals surface area contributed by atoms with E-state index in [-0.39, 0.29) is 12.1 Å². The first kappa shape index (κ1) is 15.1. The van der Waals surface area contributed by atoms with Gasteiger partial charge in [0.1, 0.15) is 17.6 Å². The maximum Gasteiger partial charge on any atom is 0.124 e. The van der Waals surface area contributed by atoms with Crippen LogP contribution in [-0.2, 0) is 6.42 Å². The molecular weight excluding hydrogens is 252 g/mol. The minimum absolute atomic E-state index is 0.0946. The van der Waals surface area contributed by atoms with Crippen molar-refractivity contribution in [1.29, 1.82) is 0 Å². The summed E-state index contributed by atoms with van der Waals surface area (Å²) in [6.45, 7) is 7.93. The van der Waals surface area contributed by atoms with E-state index in [0.717, 1.165) is 30.0 Å². The van der Waals surface area contributed by atoms with Crippen molar-refractivity contribution in [2.24, 2.45) is 11.7 Å². The lowest BCUT2D eigenvalue weighted by Gasteiger charge is -2.21. The summed E-state index contributed by atoms with van der Waals surface area (Å²) >= 11 is 0. The van der Waals surface area contributed by atoms with E-state index in [1.54, 1.807) is 7.11 Å². The number of nitrogens with two attached hydrogens (primary N) is 1. The van der Waals surface area contributed by atoms with Gasteiger partial charge in [-0.15, -0.1) is 0 Å². The molecule has 20 heavy (non-hydrogen) atoms. The van der Waals surface area contributed by atoms with Crippen molar-refractivity contribution in [3.05, 3.63) is 23.3 Å². The molecule has 0 saturated heterocycles. The summed E-state index contributed by atoms with van der Waals surface area (Å²) in [5.41, 5.74) is 8.23. The van der Waals surface area contributed by atoms with E-state index in [0.29, 0.717) is 12.5 Å². The molecule has 0 amide bonds. The van der Waals surface area contributed by atoms with Crippen molar-refractivity contribution in [3.63, 3.8) is 0 Å². The maximum atomic E-state index is 5.93. The summed E-state index contributed by atoms with van der Waals surface area (Å²) in [4.78, 5) is 0. The second-order valence-electron chi connectivity index (χ2n) is 5.92. The van der Waals surface area contributed by atoms with Crippen molar-refractivity contribution < 1.29 is 9.47 Å². The molecular formula is C16H26N2O2. The lowest BCUT2D eigenvalue weighted by Crippen LogP contribution is -2.31. The summed E-state index contributed by atoms with van der Waals surface area (Å²) in [5, 5.41) is 3.50. The molecule has 0 saturated carbocycles. The van der Waals surface area contributed by atoms with Gasteiger partial charge in [0, 0.05) is 30.1 Å². The Morgan fingerprint density at radius 3 is 2.80 bits per heavy atom. The molecule has 2 atom stereocenters. The van der Waals surface area contributed by atoms with E-state index in [2.05, 4.69) is 38.2 Å². The van der Waals surface area contributed by atoms with E-state index in [1.807, 2.05) is 0 Å². The topological polar surface area (TPSA) is 56.5 Å². The zero-order chi connectivity index (χ0) is 14.7. The van der Waals surface area contributed by atoms with E-state index in [4.69, 9.17) is 15.2 Å². The Morgan fingerprint density at radius 1 is 1.45 bits per heavy atom. The maximum absolute atomic E-state index is 5.93. The molecule has 0 aromatic heterocycles. The quantitative estimate of drug-likeness (QED) is 0.838. The number of nitrogens with one attached hydrogen (secondary N) is 1. The fourth-order valence-electron chi connectivity index (χ4n) is 2.60. The van der Waals surface area contributed by atoms with Crippen LogP contribution in [0.1, 0.15) is 37.9 Å². The van der Waals surface area contributed by atoms with Gasteiger partial charge in [-0.05, 0) is 31.5 Å². The standard InChI is InChI=1S/C16H26N2O2/c1-10(2)9-18-14(8-17)13-7-15-12(5-11(3)20-15)6-16(13)19-4/h6-7,10-11,14,18H,5,8-9,17H2,1-4H3. The molecule has 4 nitrogen and oxygen atoms in total. The van der Waals surface area contributed by atoms with Crippen LogP contribution in [0.25, 0.3) is 0 Å². The predicted octanol–water partition coefficient (Wildman–Crippen LogP) is 2.26. The summed E-state index contributed by atoms with van der Waals surface area (Å²) in [6.07, 6.45) is 1.18. The first-order valence-electron chi connectivity index (χ1n) is 7.36. The summed E-state index contributed by atoms with van der Waals surface area (Å²) < 4.78 is 11.4. The third-order valence-corrected chi connectivity index (χ3v) is 3.63. The highest BCUT2D eigenvalue weighted by Gasteiger charge is 2.24. The van der Waals surface area contributed by atoms with Crippen molar-refractivity contribution in [2.45, 2.75) is 39.3 Å². The Kier molecular flexibility index (Phi) is 4.89. The SMILES string of the molecule is COc1cc2c(cc1C(CN)NCC(C)C)OC(C)C2. The van der Waals surface area contributed by atoms with Gasteiger partial charge in [-0.1, -0.05) is 13.8 Å². The number of fused-ring (bicyclic) bond motifs is 1. The van der Waals surface area contributed by atoms with Gasteiger partial charge in [0.2, 0.25) is 0 Å². The fourth-order valence-corrected chi connectivity index (χ4v) is 2.60. The molecule has 0 fully saturated rings. The van der Waals surface area contributed by atoms with Gasteiger partial charge in [0.15, 0.2) is 0 Å². The summed E-state index contributed by atoms with van der Waals surface area (Å²) in [6, 6.07) is 4.27. The molecule has 1 heterocycles. The molecule has 0 aliphatic carbocycles. The monoisotopic (exact) mass is 278 g/mol. The Balaban J connectivity index is 2.27. The first-order chi connectivity index (χ1) is 9.55. The van der Waals surface area contributed by atoms with E-state index in [9.17, 15) is 0 Å². The Bertz CT molecular complexity index is 460. The number of hydrogen-bond donors (Lipinski definition) is 2. The van der Waals surface area contributed by atoms with Crippen LogP contribution in [0.3, 0.4) is 0 Å². The molecule has 112 valence electrons. The van der Waals surface area contributed by atoms with Crippen LogP contribution in [0.15, 0.2) is 12.1 Å². The van der Waals surface area contributed by atoms with Crippen LogP contribution in [-0.4, -0.2) is 26.3 Å². The van der Waals surface area contributed by atoms with Gasteiger partial charge in [0.05, 0.1) is 7.11 Å². The lowest BCUT2D eigenvalue weighted by atomic mass is 10.0. The minimum Gasteiger partial charge on any atom is -0.496 e. The zero-order valence-corrected chi connectivity index (χ0v) is 12.9. The van der Waals surface area contributed by atoms with E-state index < -0.39 is 0 Å². The second kappa shape index (κ2) is 6.46. The lowest BCUT2D eigenvalue weighted by molar-refractivity contribution is 0.254. The predicted molar refractivity (Wildman–Crippen MR) is 81.4 cm³/mol. The number of rotatable bonds is 6. The molecule has 0 radical (unpaired) electrons. The largest absolute Gasteiger partial charge is 0.496 e. The smallest absolute Gasteiger partial charge is 0.124 e. The molecule has 1 aromatic carbocycles. The molecule has 0 spiro atoms. The normalized spacial score (nSPS) is 18.8. The Hall–Kier alpha value is -1.26. The van der Waals surface area contributed by atoms with Crippen LogP contribution in [0, 0.1) is 5.92 Å². The zero-order valence-electron chi connectivity index (χ0n) is 12.9. The number of methoxy groups -OCH3 is 1. The van der Waals surface area contributed by atoms with Gasteiger partial charge in [-0.3, -0.25) is 0 Å². The van der Waals surface area contributed by atoms with Crippen molar-refractivity contribution >= 4 is 0 Å². The molecule has 2 rings (SSSR count). The average molecular weight is 278 g/mol. The second-order valence-corrected chi connectivity index (χ2v) is 5.92. The van der Waals surface area contributed by atoms with E-state index >= 15 is 0 Å². The number of hydrogen-bond acceptors (Lipinski definition) is 4. The highest BCUT2D eigenvalue weighted by Crippen LogP contribution is 2.37. The Labute approximate surface area is 121 Å². The highest BCUT2D eigenvalue weighted by molar-refractivity contribution is 5.50. The number of ether oxygens (including phenoxy) is 2. The van der Waals surface area contributed by atoms with Gasteiger partial charge in [-0.2, -0.15) is 0 Å². The van der Waals surface area contributed by atoms with E-state index in [1.165, 1.54) is 5.56 Å². The van der Waals surface area contributed by atoms with Gasteiger partial charge in [-0.25, -0.2) is 0 Å². The summed E-state index contributed by atoms with van der Waals surface area (Å²) in [7, 11) is 1.71. The van der Waals surface area contributed by atoms with Crippen molar-refractivity contribution in [1.82, 2.24) is 5.32 Å². The number of benzene rings is 1.